The molecule has 2 fully saturated rings. The molecule has 37 heavy (non-hydrogen) atoms. The largest absolute Gasteiger partial charge is 0.475 e. The molecular weight excluding hydrogens is 484 g/mol. The molecule has 192 valence electrons. The Bertz CT molecular complexity index is 1340. The normalized spacial score (nSPS) is 20.2. The average Bonchev–Trinajstić information content (AvgIpc) is 3.35. The average molecular weight is 517 g/mol. The smallest absolute Gasteiger partial charge is 0.234 e. The summed E-state index contributed by atoms with van der Waals surface area (Å²) in [6.45, 7) is 6.78. The predicted molar refractivity (Wildman–Crippen MR) is 149 cm³/mol. The third-order valence-electron chi connectivity index (χ3n) is 8.12. The fraction of sp³-hybridized carbons (Fsp3) is 0.448. The summed E-state index contributed by atoms with van der Waals surface area (Å²) in [5.41, 5.74) is 3.90. The molecule has 1 atom stereocenters. The van der Waals surface area contributed by atoms with Crippen LogP contribution in [0.1, 0.15) is 29.5 Å². The first-order chi connectivity index (χ1) is 18.1. The SMILES string of the molecule is CN1CCC[C@H]1COc1nc(N2CCNCC2)c2c(c1C#N)CN(c1cccc3cccc(Cl)c13)CC2. The topological polar surface area (TPSA) is 67.7 Å². The predicted octanol–water partition coefficient (Wildman–Crippen LogP) is 4.21. The number of hydrogen-bond acceptors (Lipinski definition) is 7. The van der Waals surface area contributed by atoms with E-state index in [0.717, 1.165) is 85.0 Å². The van der Waals surface area contributed by atoms with Gasteiger partial charge in [0.15, 0.2) is 0 Å². The summed E-state index contributed by atoms with van der Waals surface area (Å²) >= 11 is 6.68. The van der Waals surface area contributed by atoms with Crippen LogP contribution in [0.3, 0.4) is 0 Å². The molecule has 3 aliphatic rings. The number of rotatable bonds is 5. The number of nitriles is 1. The van der Waals surface area contributed by atoms with Crippen molar-refractivity contribution in [3.8, 4) is 11.9 Å². The fourth-order valence-electron chi connectivity index (χ4n) is 6.06. The highest BCUT2D eigenvalue weighted by Crippen LogP contribution is 2.39. The Hall–Kier alpha value is -3.05. The molecule has 0 unspecified atom stereocenters. The number of fused-ring (bicyclic) bond motifs is 2. The number of benzene rings is 2. The highest BCUT2D eigenvalue weighted by atomic mass is 35.5. The summed E-state index contributed by atoms with van der Waals surface area (Å²) in [5, 5.41) is 16.7. The van der Waals surface area contributed by atoms with E-state index in [1.807, 2.05) is 12.1 Å². The van der Waals surface area contributed by atoms with Gasteiger partial charge < -0.3 is 24.8 Å². The van der Waals surface area contributed by atoms with Crippen LogP contribution in [0.4, 0.5) is 11.5 Å². The lowest BCUT2D eigenvalue weighted by atomic mass is 9.94. The van der Waals surface area contributed by atoms with Crippen molar-refractivity contribution in [1.29, 1.82) is 5.26 Å². The molecule has 8 heteroatoms. The number of ether oxygens (including phenoxy) is 1. The van der Waals surface area contributed by atoms with Gasteiger partial charge in [-0.1, -0.05) is 35.9 Å². The summed E-state index contributed by atoms with van der Waals surface area (Å²) in [5.74, 6) is 1.47. The van der Waals surface area contributed by atoms with E-state index < -0.39 is 0 Å². The summed E-state index contributed by atoms with van der Waals surface area (Å²) < 4.78 is 6.35. The first-order valence-corrected chi connectivity index (χ1v) is 13.7. The van der Waals surface area contributed by atoms with E-state index in [1.165, 1.54) is 12.0 Å². The molecule has 1 aromatic heterocycles. The van der Waals surface area contributed by atoms with Crippen LogP contribution < -0.4 is 19.9 Å². The monoisotopic (exact) mass is 516 g/mol. The number of piperazine rings is 1. The Morgan fingerprint density at radius 3 is 2.65 bits per heavy atom. The van der Waals surface area contributed by atoms with Crippen molar-refractivity contribution >= 4 is 33.9 Å². The zero-order valence-corrected chi connectivity index (χ0v) is 22.1. The van der Waals surface area contributed by atoms with Crippen molar-refractivity contribution in [3.63, 3.8) is 0 Å². The molecule has 7 nitrogen and oxygen atoms in total. The summed E-state index contributed by atoms with van der Waals surface area (Å²) in [6.07, 6.45) is 3.12. The van der Waals surface area contributed by atoms with Crippen molar-refractivity contribution in [2.45, 2.75) is 31.8 Å². The molecule has 3 aliphatic heterocycles. The van der Waals surface area contributed by atoms with Crippen LogP contribution >= 0.6 is 11.6 Å². The molecule has 2 saturated heterocycles. The second-order valence-electron chi connectivity index (χ2n) is 10.3. The Balaban J connectivity index is 1.41. The van der Waals surface area contributed by atoms with Gasteiger partial charge in [0.1, 0.15) is 24.1 Å². The maximum atomic E-state index is 10.3. The van der Waals surface area contributed by atoms with E-state index in [4.69, 9.17) is 21.3 Å². The number of halogens is 1. The minimum absolute atomic E-state index is 0.362. The lowest BCUT2D eigenvalue weighted by Crippen LogP contribution is -2.45. The maximum absolute atomic E-state index is 10.3. The maximum Gasteiger partial charge on any atom is 0.234 e. The van der Waals surface area contributed by atoms with Gasteiger partial charge in [-0.2, -0.15) is 10.2 Å². The number of hydrogen-bond donors (Lipinski definition) is 1. The van der Waals surface area contributed by atoms with E-state index in [0.29, 0.717) is 30.6 Å². The van der Waals surface area contributed by atoms with Crippen LogP contribution in [-0.4, -0.2) is 68.8 Å². The molecule has 3 aromatic rings. The molecule has 0 saturated carbocycles. The van der Waals surface area contributed by atoms with Crippen LogP contribution in [0.15, 0.2) is 36.4 Å². The lowest BCUT2D eigenvalue weighted by molar-refractivity contribution is 0.193. The van der Waals surface area contributed by atoms with Crippen molar-refractivity contribution in [2.24, 2.45) is 0 Å². The van der Waals surface area contributed by atoms with Gasteiger partial charge in [0.05, 0.1) is 5.02 Å². The van der Waals surface area contributed by atoms with Crippen LogP contribution in [0.5, 0.6) is 5.88 Å². The number of anilines is 2. The van der Waals surface area contributed by atoms with E-state index in [-0.39, 0.29) is 0 Å². The minimum atomic E-state index is 0.362. The summed E-state index contributed by atoms with van der Waals surface area (Å²) in [6, 6.07) is 15.2. The van der Waals surface area contributed by atoms with Gasteiger partial charge in [-0.05, 0) is 50.4 Å². The van der Waals surface area contributed by atoms with Gasteiger partial charge in [0, 0.05) is 67.5 Å². The number of nitrogens with one attached hydrogen (secondary N) is 1. The highest BCUT2D eigenvalue weighted by molar-refractivity contribution is 6.36. The number of aromatic nitrogens is 1. The third-order valence-corrected chi connectivity index (χ3v) is 8.44. The number of nitrogens with zero attached hydrogens (tertiary/aromatic N) is 5. The van der Waals surface area contributed by atoms with Gasteiger partial charge in [-0.3, -0.25) is 0 Å². The van der Waals surface area contributed by atoms with Gasteiger partial charge >= 0.3 is 0 Å². The molecule has 0 amide bonds. The molecule has 0 spiro atoms. The first-order valence-electron chi connectivity index (χ1n) is 13.3. The lowest BCUT2D eigenvalue weighted by Gasteiger charge is -2.36. The zero-order chi connectivity index (χ0) is 25.4. The Kier molecular flexibility index (Phi) is 6.81. The van der Waals surface area contributed by atoms with E-state index in [9.17, 15) is 5.26 Å². The minimum Gasteiger partial charge on any atom is -0.475 e. The molecule has 6 rings (SSSR count). The van der Waals surface area contributed by atoms with Crippen LogP contribution in [0.2, 0.25) is 5.02 Å². The number of likely N-dealkylation sites (N-methyl/N-ethyl adjacent to an activating group) is 1. The Morgan fingerprint density at radius 2 is 1.89 bits per heavy atom. The Labute approximate surface area is 223 Å². The van der Waals surface area contributed by atoms with Crippen molar-refractivity contribution in [3.05, 3.63) is 58.1 Å². The molecule has 1 N–H and O–H groups in total. The number of pyridine rings is 1. The second kappa shape index (κ2) is 10.4. The van der Waals surface area contributed by atoms with Crippen LogP contribution in [0, 0.1) is 11.3 Å². The summed E-state index contributed by atoms with van der Waals surface area (Å²) in [7, 11) is 2.14. The Morgan fingerprint density at radius 1 is 1.08 bits per heavy atom. The zero-order valence-electron chi connectivity index (χ0n) is 21.3. The number of likely N-dealkylation sites (tertiary alicyclic amines) is 1. The van der Waals surface area contributed by atoms with Gasteiger partial charge in [-0.25, -0.2) is 0 Å². The molecule has 2 aromatic carbocycles. The molecule has 4 heterocycles. The molecule has 0 radical (unpaired) electrons. The van der Waals surface area contributed by atoms with Crippen LogP contribution in [-0.2, 0) is 13.0 Å². The molecule has 0 aliphatic carbocycles. The fourth-order valence-corrected chi connectivity index (χ4v) is 6.34. The van der Waals surface area contributed by atoms with Gasteiger partial charge in [0.2, 0.25) is 5.88 Å². The molecule has 0 bridgehead atoms. The van der Waals surface area contributed by atoms with E-state index >= 15 is 0 Å². The van der Waals surface area contributed by atoms with E-state index in [1.54, 1.807) is 0 Å². The third kappa shape index (κ3) is 4.59. The van der Waals surface area contributed by atoms with Crippen LogP contribution in [0.25, 0.3) is 10.8 Å². The van der Waals surface area contributed by atoms with Crippen molar-refractivity contribution in [1.82, 2.24) is 15.2 Å². The van der Waals surface area contributed by atoms with Crippen molar-refractivity contribution in [2.75, 3.05) is 62.7 Å². The standard InChI is InChI=1S/C29H33ClN6O/c1-34-13-4-7-21(34)19-37-29-23(17-31)24-18-36(26-9-3-6-20-5-2-8-25(30)27(20)26)14-10-22(24)28(33-29)35-15-11-32-12-16-35/h2-3,5-6,8-9,21,32H,4,7,10-16,18-19H2,1H3/t21-/m0/s1. The quantitative estimate of drug-likeness (QED) is 0.545. The second-order valence-corrected chi connectivity index (χ2v) is 10.7. The van der Waals surface area contributed by atoms with E-state index in [2.05, 4.69) is 57.4 Å². The highest BCUT2D eigenvalue weighted by Gasteiger charge is 2.31. The summed E-state index contributed by atoms with van der Waals surface area (Å²) in [4.78, 5) is 12.1. The van der Waals surface area contributed by atoms with Gasteiger partial charge in [-0.15, -0.1) is 0 Å². The first kappa shape index (κ1) is 24.3. The van der Waals surface area contributed by atoms with Crippen molar-refractivity contribution < 1.29 is 4.74 Å². The van der Waals surface area contributed by atoms with Gasteiger partial charge in [0.25, 0.3) is 0 Å². The molecular formula is C29H33ClN6O.